The van der Waals surface area contributed by atoms with Crippen LogP contribution in [0.3, 0.4) is 0 Å². The summed E-state index contributed by atoms with van der Waals surface area (Å²) in [5.74, 6) is 0. The first-order chi connectivity index (χ1) is 10.3. The Labute approximate surface area is 134 Å². The van der Waals surface area contributed by atoms with E-state index in [0.29, 0.717) is 6.54 Å². The molecule has 0 bridgehead atoms. The molecule has 0 amide bonds. The summed E-state index contributed by atoms with van der Waals surface area (Å²) >= 11 is 0. The summed E-state index contributed by atoms with van der Waals surface area (Å²) < 4.78 is 5.65. The standard InChI is InChI=1S/C18H30N2O2/c1-17(2,3)22-16(21)20-11-9-18(14-19,10-12-20)13-15-7-5-4-6-8-15/h4-8,16,21H,9-14,19H2,1-3H3. The number of piperidine rings is 1. The zero-order valence-electron chi connectivity index (χ0n) is 14.1. The topological polar surface area (TPSA) is 58.7 Å². The lowest BCUT2D eigenvalue weighted by Gasteiger charge is -2.43. The molecule has 1 saturated heterocycles. The Kier molecular flexibility index (Phi) is 5.61. The Morgan fingerprint density at radius 2 is 1.82 bits per heavy atom. The van der Waals surface area contributed by atoms with Crippen molar-refractivity contribution in [1.82, 2.24) is 4.90 Å². The summed E-state index contributed by atoms with van der Waals surface area (Å²) in [5.41, 5.74) is 7.23. The molecule has 1 atom stereocenters. The highest BCUT2D eigenvalue weighted by molar-refractivity contribution is 5.17. The van der Waals surface area contributed by atoms with Crippen molar-refractivity contribution in [3.05, 3.63) is 35.9 Å². The SMILES string of the molecule is CC(C)(C)OC(O)N1CCC(CN)(Cc2ccccc2)CC1. The average molecular weight is 306 g/mol. The van der Waals surface area contributed by atoms with Crippen molar-refractivity contribution < 1.29 is 9.84 Å². The Morgan fingerprint density at radius 3 is 2.32 bits per heavy atom. The summed E-state index contributed by atoms with van der Waals surface area (Å²) in [4.78, 5) is 2.00. The maximum Gasteiger partial charge on any atom is 0.216 e. The van der Waals surface area contributed by atoms with Gasteiger partial charge in [-0.15, -0.1) is 0 Å². The normalized spacial score (nSPS) is 20.8. The predicted octanol–water partition coefficient (Wildman–Crippen LogP) is 2.36. The Bertz CT molecular complexity index is 448. The van der Waals surface area contributed by atoms with E-state index in [1.807, 2.05) is 31.7 Å². The molecular weight excluding hydrogens is 276 g/mol. The van der Waals surface area contributed by atoms with E-state index in [9.17, 15) is 5.11 Å². The smallest absolute Gasteiger partial charge is 0.216 e. The molecular formula is C18H30N2O2. The van der Waals surface area contributed by atoms with Gasteiger partial charge in [-0.1, -0.05) is 30.3 Å². The molecule has 1 aliphatic heterocycles. The van der Waals surface area contributed by atoms with Crippen molar-refractivity contribution in [1.29, 1.82) is 0 Å². The van der Waals surface area contributed by atoms with Crippen molar-refractivity contribution in [3.8, 4) is 0 Å². The largest absolute Gasteiger partial charge is 0.356 e. The Balaban J connectivity index is 1.93. The monoisotopic (exact) mass is 306 g/mol. The van der Waals surface area contributed by atoms with Crippen LogP contribution in [0.15, 0.2) is 30.3 Å². The Hall–Kier alpha value is -0.940. The van der Waals surface area contributed by atoms with E-state index in [2.05, 4.69) is 24.3 Å². The van der Waals surface area contributed by atoms with Crippen molar-refractivity contribution in [2.45, 2.75) is 52.0 Å². The van der Waals surface area contributed by atoms with Crippen molar-refractivity contribution >= 4 is 0 Å². The number of hydrogen-bond donors (Lipinski definition) is 2. The van der Waals surface area contributed by atoms with Gasteiger partial charge in [-0.3, -0.25) is 4.90 Å². The molecule has 1 unspecified atom stereocenters. The minimum Gasteiger partial charge on any atom is -0.356 e. The van der Waals surface area contributed by atoms with Gasteiger partial charge in [-0.05, 0) is 57.6 Å². The second-order valence-electron chi connectivity index (χ2n) is 7.46. The summed E-state index contributed by atoms with van der Waals surface area (Å²) in [7, 11) is 0. The molecule has 4 nitrogen and oxygen atoms in total. The van der Waals surface area contributed by atoms with E-state index >= 15 is 0 Å². The van der Waals surface area contributed by atoms with Crippen LogP contribution in [-0.2, 0) is 11.2 Å². The fraction of sp³-hybridized carbons (Fsp3) is 0.667. The van der Waals surface area contributed by atoms with Crippen LogP contribution in [0.4, 0.5) is 0 Å². The first-order valence-electron chi connectivity index (χ1n) is 8.18. The molecule has 124 valence electrons. The maximum atomic E-state index is 10.2. The highest BCUT2D eigenvalue weighted by Gasteiger charge is 2.36. The van der Waals surface area contributed by atoms with Gasteiger partial charge in [-0.25, -0.2) is 0 Å². The van der Waals surface area contributed by atoms with Gasteiger partial charge in [0.25, 0.3) is 0 Å². The zero-order chi connectivity index (χ0) is 16.2. The molecule has 1 fully saturated rings. The molecule has 22 heavy (non-hydrogen) atoms. The fourth-order valence-electron chi connectivity index (χ4n) is 3.09. The molecule has 0 radical (unpaired) electrons. The Morgan fingerprint density at radius 1 is 1.23 bits per heavy atom. The van der Waals surface area contributed by atoms with Gasteiger partial charge >= 0.3 is 0 Å². The van der Waals surface area contributed by atoms with E-state index in [1.54, 1.807) is 0 Å². The van der Waals surface area contributed by atoms with E-state index in [1.165, 1.54) is 5.56 Å². The van der Waals surface area contributed by atoms with Crippen LogP contribution in [0.25, 0.3) is 0 Å². The fourth-order valence-corrected chi connectivity index (χ4v) is 3.09. The van der Waals surface area contributed by atoms with Gasteiger partial charge in [0.15, 0.2) is 0 Å². The van der Waals surface area contributed by atoms with Gasteiger partial charge in [0, 0.05) is 13.1 Å². The second-order valence-corrected chi connectivity index (χ2v) is 7.46. The van der Waals surface area contributed by atoms with Crippen LogP contribution in [0, 0.1) is 5.41 Å². The molecule has 2 rings (SSSR count). The van der Waals surface area contributed by atoms with E-state index in [-0.39, 0.29) is 11.0 Å². The number of aliphatic hydroxyl groups excluding tert-OH is 1. The number of aliphatic hydroxyl groups is 1. The third-order valence-electron chi connectivity index (χ3n) is 4.48. The minimum atomic E-state index is -0.826. The molecule has 1 aromatic rings. The third kappa shape index (κ3) is 4.78. The minimum absolute atomic E-state index is 0.138. The van der Waals surface area contributed by atoms with Crippen LogP contribution in [-0.4, -0.2) is 41.7 Å². The molecule has 4 heteroatoms. The summed E-state index contributed by atoms with van der Waals surface area (Å²) in [6.45, 7) is 8.20. The molecule has 0 saturated carbocycles. The highest BCUT2D eigenvalue weighted by Crippen LogP contribution is 2.35. The second kappa shape index (κ2) is 7.09. The average Bonchev–Trinajstić information content (AvgIpc) is 2.47. The van der Waals surface area contributed by atoms with Crippen molar-refractivity contribution in [2.75, 3.05) is 19.6 Å². The van der Waals surface area contributed by atoms with E-state index in [4.69, 9.17) is 10.5 Å². The van der Waals surface area contributed by atoms with E-state index < -0.39 is 6.41 Å². The van der Waals surface area contributed by atoms with Crippen LogP contribution >= 0.6 is 0 Å². The molecule has 3 N–H and O–H groups in total. The van der Waals surface area contributed by atoms with E-state index in [0.717, 1.165) is 32.4 Å². The van der Waals surface area contributed by atoms with Gasteiger partial charge < -0.3 is 15.6 Å². The molecule has 0 aromatic heterocycles. The molecule has 1 aliphatic rings. The molecule has 0 spiro atoms. The number of rotatable bonds is 5. The van der Waals surface area contributed by atoms with Gasteiger partial charge in [0.2, 0.25) is 6.41 Å². The lowest BCUT2D eigenvalue weighted by molar-refractivity contribution is -0.245. The van der Waals surface area contributed by atoms with Crippen LogP contribution in [0.5, 0.6) is 0 Å². The zero-order valence-corrected chi connectivity index (χ0v) is 14.1. The van der Waals surface area contributed by atoms with Crippen LogP contribution in [0.2, 0.25) is 0 Å². The van der Waals surface area contributed by atoms with Gasteiger partial charge in [-0.2, -0.15) is 0 Å². The number of nitrogens with zero attached hydrogens (tertiary/aromatic N) is 1. The molecule has 1 aromatic carbocycles. The molecule has 0 aliphatic carbocycles. The van der Waals surface area contributed by atoms with Crippen molar-refractivity contribution in [3.63, 3.8) is 0 Å². The number of likely N-dealkylation sites (tertiary alicyclic amines) is 1. The van der Waals surface area contributed by atoms with Gasteiger partial charge in [0.1, 0.15) is 0 Å². The number of ether oxygens (including phenoxy) is 1. The highest BCUT2D eigenvalue weighted by atomic mass is 16.6. The number of benzene rings is 1. The lowest BCUT2D eigenvalue weighted by atomic mass is 9.74. The number of nitrogens with two attached hydrogens (primary N) is 1. The summed E-state index contributed by atoms with van der Waals surface area (Å²) in [5, 5.41) is 10.2. The number of hydrogen-bond acceptors (Lipinski definition) is 4. The summed E-state index contributed by atoms with van der Waals surface area (Å²) in [6.07, 6.45) is 2.16. The van der Waals surface area contributed by atoms with Crippen LogP contribution < -0.4 is 5.73 Å². The third-order valence-corrected chi connectivity index (χ3v) is 4.48. The molecule has 1 heterocycles. The summed E-state index contributed by atoms with van der Waals surface area (Å²) in [6, 6.07) is 10.5. The van der Waals surface area contributed by atoms with Crippen molar-refractivity contribution in [2.24, 2.45) is 11.1 Å². The lowest BCUT2D eigenvalue weighted by Crippen LogP contribution is -2.50. The quantitative estimate of drug-likeness (QED) is 0.820. The predicted molar refractivity (Wildman–Crippen MR) is 89.3 cm³/mol. The maximum absolute atomic E-state index is 10.2. The van der Waals surface area contributed by atoms with Gasteiger partial charge in [0.05, 0.1) is 5.60 Å². The van der Waals surface area contributed by atoms with Crippen LogP contribution in [0.1, 0.15) is 39.2 Å². The first-order valence-corrected chi connectivity index (χ1v) is 8.18. The first kappa shape index (κ1) is 17.4.